The summed E-state index contributed by atoms with van der Waals surface area (Å²) >= 11 is 0. The van der Waals surface area contributed by atoms with Crippen molar-refractivity contribution < 1.29 is 17.2 Å². The minimum atomic E-state index is -3.78. The average molecular weight is 250 g/mol. The summed E-state index contributed by atoms with van der Waals surface area (Å²) in [6, 6.07) is 3.15. The maximum Gasteiger partial charge on any atom is 0.236 e. The number of rotatable bonds is 4. The Bertz CT molecular complexity index is 456. The van der Waals surface area contributed by atoms with Crippen LogP contribution in [0.2, 0.25) is 0 Å². The Hall–Kier alpha value is -1.21. The molecule has 0 amide bonds. The molecule has 0 saturated carbocycles. The fourth-order valence-electron chi connectivity index (χ4n) is 1.21. The molecule has 0 bridgehead atoms. The van der Waals surface area contributed by atoms with Crippen molar-refractivity contribution in [2.45, 2.75) is 0 Å². The van der Waals surface area contributed by atoms with Gasteiger partial charge in [0.1, 0.15) is 5.69 Å². The molecule has 2 N–H and O–H groups in total. The molecule has 0 fully saturated rings. The van der Waals surface area contributed by atoms with Crippen molar-refractivity contribution in [3.05, 3.63) is 29.8 Å². The number of nitrogens with zero attached hydrogens (tertiary/aromatic N) is 1. The fourth-order valence-corrected chi connectivity index (χ4v) is 2.24. The molecular weight excluding hydrogens is 238 g/mol. The van der Waals surface area contributed by atoms with Crippen LogP contribution < -0.4 is 10.0 Å². The van der Waals surface area contributed by atoms with Gasteiger partial charge in [-0.15, -0.1) is 0 Å². The molecule has 0 spiro atoms. The summed E-state index contributed by atoms with van der Waals surface area (Å²) in [6.45, 7) is -0.108. The Morgan fingerprint density at radius 1 is 1.31 bits per heavy atom. The number of benzene rings is 1. The van der Waals surface area contributed by atoms with E-state index < -0.39 is 27.3 Å². The second-order valence-electron chi connectivity index (χ2n) is 3.14. The van der Waals surface area contributed by atoms with E-state index in [9.17, 15) is 17.2 Å². The Kier molecular flexibility index (Phi) is 3.82. The second kappa shape index (κ2) is 4.75. The van der Waals surface area contributed by atoms with Crippen molar-refractivity contribution in [2.75, 3.05) is 23.7 Å². The van der Waals surface area contributed by atoms with Gasteiger partial charge < -0.3 is 5.73 Å². The van der Waals surface area contributed by atoms with Crippen molar-refractivity contribution >= 4 is 15.7 Å². The van der Waals surface area contributed by atoms with E-state index in [1.54, 1.807) is 0 Å². The third-order valence-corrected chi connectivity index (χ3v) is 3.81. The number of sulfonamides is 1. The van der Waals surface area contributed by atoms with Crippen LogP contribution >= 0.6 is 0 Å². The predicted octanol–water partition coefficient (Wildman–Crippen LogP) is 0.690. The van der Waals surface area contributed by atoms with Crippen LogP contribution in [0.15, 0.2) is 18.2 Å². The highest BCUT2D eigenvalue weighted by Gasteiger charge is 2.23. The second-order valence-corrected chi connectivity index (χ2v) is 5.26. The van der Waals surface area contributed by atoms with Crippen LogP contribution in [0, 0.1) is 11.6 Å². The topological polar surface area (TPSA) is 63.4 Å². The Labute approximate surface area is 92.7 Å². The molecule has 1 aromatic rings. The summed E-state index contributed by atoms with van der Waals surface area (Å²) < 4.78 is 50.3. The number of anilines is 1. The van der Waals surface area contributed by atoms with E-state index in [0.717, 1.165) is 25.2 Å². The van der Waals surface area contributed by atoms with E-state index in [4.69, 9.17) is 5.73 Å². The van der Waals surface area contributed by atoms with Crippen LogP contribution in [-0.4, -0.2) is 27.8 Å². The number of para-hydroxylation sites is 1. The van der Waals surface area contributed by atoms with Crippen LogP contribution in [0.25, 0.3) is 0 Å². The monoisotopic (exact) mass is 250 g/mol. The number of nitrogens with two attached hydrogens (primary N) is 1. The van der Waals surface area contributed by atoms with Crippen LogP contribution in [0.3, 0.4) is 0 Å². The lowest BCUT2D eigenvalue weighted by Crippen LogP contribution is -2.33. The number of hydrogen-bond donors (Lipinski definition) is 1. The third kappa shape index (κ3) is 2.48. The summed E-state index contributed by atoms with van der Waals surface area (Å²) in [5.41, 5.74) is 4.53. The van der Waals surface area contributed by atoms with E-state index in [-0.39, 0.29) is 12.3 Å². The number of hydrogen-bond acceptors (Lipinski definition) is 3. The summed E-state index contributed by atoms with van der Waals surface area (Å²) in [7, 11) is -2.69. The third-order valence-electron chi connectivity index (χ3n) is 2.05. The molecule has 4 nitrogen and oxygen atoms in total. The first kappa shape index (κ1) is 12.9. The zero-order valence-electron chi connectivity index (χ0n) is 8.65. The molecule has 0 aliphatic carbocycles. The summed E-state index contributed by atoms with van der Waals surface area (Å²) in [5.74, 6) is -2.22. The van der Waals surface area contributed by atoms with Gasteiger partial charge in [0, 0.05) is 13.6 Å². The van der Waals surface area contributed by atoms with Gasteiger partial charge in [-0.3, -0.25) is 4.31 Å². The van der Waals surface area contributed by atoms with Gasteiger partial charge in [-0.1, -0.05) is 6.07 Å². The normalized spacial score (nSPS) is 11.5. The lowest BCUT2D eigenvalue weighted by atomic mass is 10.3. The lowest BCUT2D eigenvalue weighted by Gasteiger charge is -2.19. The van der Waals surface area contributed by atoms with Crippen molar-refractivity contribution in [1.82, 2.24) is 0 Å². The SMILES string of the molecule is CN(c1c(F)cccc1F)S(=O)(=O)CCN. The molecule has 16 heavy (non-hydrogen) atoms. The molecule has 0 aliphatic rings. The van der Waals surface area contributed by atoms with E-state index in [2.05, 4.69) is 0 Å². The molecule has 0 radical (unpaired) electrons. The predicted molar refractivity (Wildman–Crippen MR) is 57.6 cm³/mol. The molecule has 7 heteroatoms. The first-order chi connectivity index (χ1) is 7.40. The molecule has 0 aliphatic heterocycles. The molecule has 0 atom stereocenters. The van der Waals surface area contributed by atoms with Gasteiger partial charge in [-0.25, -0.2) is 17.2 Å². The molecule has 1 rings (SSSR count). The maximum atomic E-state index is 13.3. The molecule has 90 valence electrons. The van der Waals surface area contributed by atoms with Gasteiger partial charge in [0.2, 0.25) is 10.0 Å². The van der Waals surface area contributed by atoms with Crippen molar-refractivity contribution in [3.63, 3.8) is 0 Å². The molecule has 0 saturated heterocycles. The van der Waals surface area contributed by atoms with E-state index in [0.29, 0.717) is 4.31 Å². The highest BCUT2D eigenvalue weighted by molar-refractivity contribution is 7.92. The van der Waals surface area contributed by atoms with Crippen molar-refractivity contribution in [3.8, 4) is 0 Å². The van der Waals surface area contributed by atoms with Crippen LogP contribution in [-0.2, 0) is 10.0 Å². The van der Waals surface area contributed by atoms with E-state index in [1.807, 2.05) is 0 Å². The summed E-state index contributed by atoms with van der Waals surface area (Å²) in [5, 5.41) is 0. The minimum Gasteiger partial charge on any atom is -0.329 e. The van der Waals surface area contributed by atoms with Crippen LogP contribution in [0.4, 0.5) is 14.5 Å². The Morgan fingerprint density at radius 3 is 2.25 bits per heavy atom. The first-order valence-electron chi connectivity index (χ1n) is 4.51. The first-order valence-corrected chi connectivity index (χ1v) is 6.11. The molecule has 0 heterocycles. The highest BCUT2D eigenvalue weighted by Crippen LogP contribution is 2.24. The van der Waals surface area contributed by atoms with Crippen LogP contribution in [0.5, 0.6) is 0 Å². The van der Waals surface area contributed by atoms with Crippen LogP contribution in [0.1, 0.15) is 0 Å². The smallest absolute Gasteiger partial charge is 0.236 e. The van der Waals surface area contributed by atoms with Gasteiger partial charge in [-0.05, 0) is 12.1 Å². The molecular formula is C9H12F2N2O2S. The standard InChI is InChI=1S/C9H12F2N2O2S/c1-13(16(14,15)6-5-12)9-7(10)3-2-4-8(9)11/h2-4H,5-6,12H2,1H3. The van der Waals surface area contributed by atoms with E-state index in [1.165, 1.54) is 0 Å². The zero-order chi connectivity index (χ0) is 12.3. The van der Waals surface area contributed by atoms with Crippen molar-refractivity contribution in [1.29, 1.82) is 0 Å². The fraction of sp³-hybridized carbons (Fsp3) is 0.333. The minimum absolute atomic E-state index is 0.108. The summed E-state index contributed by atoms with van der Waals surface area (Å²) in [4.78, 5) is 0. The molecule has 1 aromatic carbocycles. The van der Waals surface area contributed by atoms with Gasteiger partial charge >= 0.3 is 0 Å². The zero-order valence-corrected chi connectivity index (χ0v) is 9.47. The maximum absolute atomic E-state index is 13.3. The highest BCUT2D eigenvalue weighted by atomic mass is 32.2. The van der Waals surface area contributed by atoms with Crippen molar-refractivity contribution in [2.24, 2.45) is 5.73 Å². The lowest BCUT2D eigenvalue weighted by molar-refractivity contribution is 0.572. The van der Waals surface area contributed by atoms with Gasteiger partial charge in [0.05, 0.1) is 5.75 Å². The number of halogens is 2. The quantitative estimate of drug-likeness (QED) is 0.855. The Morgan fingerprint density at radius 2 is 1.81 bits per heavy atom. The average Bonchev–Trinajstić information content (AvgIpc) is 2.17. The summed E-state index contributed by atoms with van der Waals surface area (Å²) in [6.07, 6.45) is 0. The Balaban J connectivity index is 3.20. The van der Waals surface area contributed by atoms with Gasteiger partial charge in [0.15, 0.2) is 11.6 Å². The molecule has 0 unspecified atom stereocenters. The molecule has 0 aromatic heterocycles. The largest absolute Gasteiger partial charge is 0.329 e. The van der Waals surface area contributed by atoms with Gasteiger partial charge in [-0.2, -0.15) is 0 Å². The van der Waals surface area contributed by atoms with E-state index >= 15 is 0 Å². The van der Waals surface area contributed by atoms with Gasteiger partial charge in [0.25, 0.3) is 0 Å².